The lowest BCUT2D eigenvalue weighted by Gasteiger charge is -2.35. The molecule has 22 heavy (non-hydrogen) atoms. The molecule has 1 aromatic heterocycles. The second-order valence-corrected chi connectivity index (χ2v) is 7.12. The summed E-state index contributed by atoms with van der Waals surface area (Å²) in [7, 11) is 0. The van der Waals surface area contributed by atoms with Gasteiger partial charge in [0.05, 0.1) is 6.54 Å². The van der Waals surface area contributed by atoms with Crippen LogP contribution >= 0.6 is 15.9 Å². The number of aromatic nitrogens is 1. The number of ether oxygens (including phenoxy) is 2. The fourth-order valence-electron chi connectivity index (χ4n) is 2.11. The van der Waals surface area contributed by atoms with E-state index < -0.39 is 24.0 Å². The van der Waals surface area contributed by atoms with E-state index >= 15 is 0 Å². The summed E-state index contributed by atoms with van der Waals surface area (Å²) in [5, 5.41) is 0. The highest BCUT2D eigenvalue weighted by atomic mass is 79.9. The lowest BCUT2D eigenvalue weighted by atomic mass is 10.1. The van der Waals surface area contributed by atoms with Gasteiger partial charge in [0.1, 0.15) is 11.7 Å². The van der Waals surface area contributed by atoms with Crippen molar-refractivity contribution >= 4 is 22.0 Å². The molecule has 1 saturated heterocycles. The number of pyridine rings is 1. The molecule has 0 bridgehead atoms. The molecular weight excluding hydrogens is 355 g/mol. The normalized spacial score (nSPS) is 22.3. The van der Waals surface area contributed by atoms with E-state index in [1.807, 2.05) is 0 Å². The summed E-state index contributed by atoms with van der Waals surface area (Å²) in [4.78, 5) is 17.4. The number of hydrogen-bond acceptors (Lipinski definition) is 4. The molecule has 2 heterocycles. The Bertz CT molecular complexity index is 536. The van der Waals surface area contributed by atoms with Crippen LogP contribution in [0.25, 0.3) is 0 Å². The zero-order chi connectivity index (χ0) is 16.3. The predicted molar refractivity (Wildman–Crippen MR) is 83.7 cm³/mol. The van der Waals surface area contributed by atoms with Crippen molar-refractivity contribution in [3.63, 3.8) is 0 Å². The summed E-state index contributed by atoms with van der Waals surface area (Å²) in [5.74, 6) is 0.368. The van der Waals surface area contributed by atoms with Gasteiger partial charge in [0, 0.05) is 29.7 Å². The maximum Gasteiger partial charge on any atom is 0.410 e. The van der Waals surface area contributed by atoms with E-state index in [0.29, 0.717) is 18.8 Å². The number of alkyl halides is 1. The first-order valence-electron chi connectivity index (χ1n) is 7.15. The van der Waals surface area contributed by atoms with E-state index in [2.05, 4.69) is 20.9 Å². The Kier molecular flexibility index (Phi) is 5.26. The fraction of sp³-hybridized carbons (Fsp3) is 0.600. The molecule has 2 atom stereocenters. The van der Waals surface area contributed by atoms with Gasteiger partial charge in [-0.25, -0.2) is 14.2 Å². The Balaban J connectivity index is 1.91. The van der Waals surface area contributed by atoms with Crippen molar-refractivity contribution < 1.29 is 18.7 Å². The molecule has 0 saturated carbocycles. The third-order valence-corrected chi connectivity index (χ3v) is 3.60. The molecule has 122 valence electrons. The van der Waals surface area contributed by atoms with Crippen molar-refractivity contribution in [1.82, 2.24) is 9.88 Å². The van der Waals surface area contributed by atoms with Crippen LogP contribution in [0.15, 0.2) is 22.8 Å². The predicted octanol–water partition coefficient (Wildman–Crippen LogP) is 3.57. The van der Waals surface area contributed by atoms with Gasteiger partial charge < -0.3 is 14.4 Å². The highest BCUT2D eigenvalue weighted by Gasteiger charge is 2.35. The van der Waals surface area contributed by atoms with E-state index in [9.17, 15) is 9.18 Å². The molecule has 0 aromatic carbocycles. The Morgan fingerprint density at radius 2 is 2.23 bits per heavy atom. The third kappa shape index (κ3) is 4.83. The van der Waals surface area contributed by atoms with Crippen LogP contribution in [0.4, 0.5) is 9.18 Å². The van der Waals surface area contributed by atoms with Gasteiger partial charge in [-0.1, -0.05) is 15.9 Å². The molecule has 0 radical (unpaired) electrons. The number of amides is 1. The lowest BCUT2D eigenvalue weighted by molar-refractivity contribution is -0.0114. The molecule has 1 fully saturated rings. The maximum absolute atomic E-state index is 14.3. The summed E-state index contributed by atoms with van der Waals surface area (Å²) in [6.45, 7) is 5.72. The van der Waals surface area contributed by atoms with Crippen molar-refractivity contribution in [2.45, 2.75) is 45.1 Å². The lowest BCUT2D eigenvalue weighted by Crippen LogP contribution is -2.50. The summed E-state index contributed by atoms with van der Waals surface area (Å²) >= 11 is 3.32. The van der Waals surface area contributed by atoms with Gasteiger partial charge >= 0.3 is 6.09 Å². The summed E-state index contributed by atoms with van der Waals surface area (Å²) < 4.78 is 25.9. The summed E-state index contributed by atoms with van der Waals surface area (Å²) in [6, 6.07) is 3.46. The van der Waals surface area contributed by atoms with Crippen LogP contribution in [0.1, 0.15) is 27.2 Å². The molecule has 0 aliphatic carbocycles. The molecule has 1 aliphatic heterocycles. The minimum atomic E-state index is -1.28. The number of hydrogen-bond donors (Lipinski definition) is 0. The number of piperidine rings is 1. The Labute approximate surface area is 137 Å². The van der Waals surface area contributed by atoms with Crippen LogP contribution in [0, 0.1) is 0 Å². The SMILES string of the molecule is CC(C)(C)OC(=O)N1CCC(Oc2cc(Br)ccn2)[C@@H](F)C1. The zero-order valence-corrected chi connectivity index (χ0v) is 14.5. The number of carbonyl (C=O) groups excluding carboxylic acids is 1. The van der Waals surface area contributed by atoms with Gasteiger partial charge in [-0.15, -0.1) is 0 Å². The van der Waals surface area contributed by atoms with E-state index in [1.54, 1.807) is 39.1 Å². The second-order valence-electron chi connectivity index (χ2n) is 6.20. The van der Waals surface area contributed by atoms with Crippen molar-refractivity contribution in [2.75, 3.05) is 13.1 Å². The molecule has 1 amide bonds. The Hall–Kier alpha value is -1.37. The van der Waals surface area contributed by atoms with Crippen LogP contribution < -0.4 is 4.74 Å². The van der Waals surface area contributed by atoms with Crippen LogP contribution in [-0.4, -0.2) is 46.9 Å². The minimum absolute atomic E-state index is 0.0341. The first-order chi connectivity index (χ1) is 10.2. The highest BCUT2D eigenvalue weighted by Crippen LogP contribution is 2.23. The maximum atomic E-state index is 14.3. The first-order valence-corrected chi connectivity index (χ1v) is 7.94. The third-order valence-electron chi connectivity index (χ3n) is 3.10. The second kappa shape index (κ2) is 6.81. The molecule has 2 rings (SSSR count). The summed E-state index contributed by atoms with van der Waals surface area (Å²) in [5.41, 5.74) is -0.587. The molecule has 5 nitrogen and oxygen atoms in total. The van der Waals surface area contributed by atoms with Crippen molar-refractivity contribution in [3.05, 3.63) is 22.8 Å². The molecule has 0 spiro atoms. The number of likely N-dealkylation sites (tertiary alicyclic amines) is 1. The Morgan fingerprint density at radius 1 is 1.50 bits per heavy atom. The van der Waals surface area contributed by atoms with Gasteiger partial charge in [0.2, 0.25) is 5.88 Å². The van der Waals surface area contributed by atoms with Gasteiger partial charge in [-0.3, -0.25) is 0 Å². The number of nitrogens with zero attached hydrogens (tertiary/aromatic N) is 2. The molecule has 1 aromatic rings. The number of rotatable bonds is 2. The average molecular weight is 375 g/mol. The van der Waals surface area contributed by atoms with E-state index in [0.717, 1.165) is 4.47 Å². The first kappa shape index (κ1) is 17.0. The number of halogens is 2. The molecule has 1 aliphatic rings. The van der Waals surface area contributed by atoms with Crippen molar-refractivity contribution in [1.29, 1.82) is 0 Å². The van der Waals surface area contributed by atoms with Crippen LogP contribution in [-0.2, 0) is 4.74 Å². The molecule has 1 unspecified atom stereocenters. The number of carbonyl (C=O) groups is 1. The standard InChI is InChI=1S/C15H20BrFN2O3/c1-15(2,3)22-14(20)19-7-5-12(11(17)9-19)21-13-8-10(16)4-6-18-13/h4,6,8,11-12H,5,7,9H2,1-3H3/t11-,12?/m0/s1. The van der Waals surface area contributed by atoms with Crippen LogP contribution in [0.2, 0.25) is 0 Å². The van der Waals surface area contributed by atoms with Gasteiger partial charge in [-0.05, 0) is 26.8 Å². The summed E-state index contributed by atoms with van der Waals surface area (Å²) in [6.07, 6.45) is -0.395. The van der Waals surface area contributed by atoms with E-state index in [4.69, 9.17) is 9.47 Å². The topological polar surface area (TPSA) is 51.7 Å². The van der Waals surface area contributed by atoms with E-state index in [-0.39, 0.29) is 6.54 Å². The van der Waals surface area contributed by atoms with Crippen molar-refractivity contribution in [3.8, 4) is 5.88 Å². The minimum Gasteiger partial charge on any atom is -0.471 e. The van der Waals surface area contributed by atoms with Crippen molar-refractivity contribution in [2.24, 2.45) is 0 Å². The Morgan fingerprint density at radius 3 is 2.82 bits per heavy atom. The zero-order valence-electron chi connectivity index (χ0n) is 12.9. The molecular formula is C15H20BrFN2O3. The monoisotopic (exact) mass is 374 g/mol. The van der Waals surface area contributed by atoms with Crippen LogP contribution in [0.3, 0.4) is 0 Å². The van der Waals surface area contributed by atoms with Crippen LogP contribution in [0.5, 0.6) is 5.88 Å². The van der Waals surface area contributed by atoms with Gasteiger partial charge in [0.25, 0.3) is 0 Å². The molecule has 0 N–H and O–H groups in total. The quantitative estimate of drug-likeness (QED) is 0.793. The highest BCUT2D eigenvalue weighted by molar-refractivity contribution is 9.10. The van der Waals surface area contributed by atoms with E-state index in [1.165, 1.54) is 4.90 Å². The smallest absolute Gasteiger partial charge is 0.410 e. The van der Waals surface area contributed by atoms with Gasteiger partial charge in [-0.2, -0.15) is 0 Å². The largest absolute Gasteiger partial charge is 0.471 e. The molecule has 7 heteroatoms. The average Bonchev–Trinajstić information content (AvgIpc) is 2.39. The van der Waals surface area contributed by atoms with Gasteiger partial charge in [0.15, 0.2) is 6.17 Å². The fourth-order valence-corrected chi connectivity index (χ4v) is 2.43.